The van der Waals surface area contributed by atoms with Gasteiger partial charge in [-0.1, -0.05) is 0 Å². The first-order valence-corrected chi connectivity index (χ1v) is 4.32. The second kappa shape index (κ2) is 5.06. The molecule has 0 aliphatic heterocycles. The predicted octanol–water partition coefficient (Wildman–Crippen LogP) is 1.74. The highest BCUT2D eigenvalue weighted by Gasteiger charge is 2.08. The van der Waals surface area contributed by atoms with E-state index in [9.17, 15) is 14.0 Å². The first-order chi connectivity index (χ1) is 7.58. The lowest BCUT2D eigenvalue weighted by Gasteiger charge is -2.05. The third-order valence-electron chi connectivity index (χ3n) is 1.88. The molecule has 4 nitrogen and oxygen atoms in total. The summed E-state index contributed by atoms with van der Waals surface area (Å²) in [6.07, 6.45) is 2.37. The van der Waals surface area contributed by atoms with Crippen LogP contribution in [0.15, 0.2) is 18.2 Å². The second-order valence-electron chi connectivity index (χ2n) is 2.91. The Morgan fingerprint density at radius 2 is 2.12 bits per heavy atom. The zero-order chi connectivity index (χ0) is 12.1. The van der Waals surface area contributed by atoms with Crippen molar-refractivity contribution in [3.63, 3.8) is 0 Å². The largest absolute Gasteiger partial charge is 0.496 e. The Labute approximate surface area is 91.0 Å². The van der Waals surface area contributed by atoms with Gasteiger partial charge in [0, 0.05) is 17.7 Å². The van der Waals surface area contributed by atoms with Gasteiger partial charge in [-0.05, 0) is 12.1 Å². The third kappa shape index (κ3) is 2.66. The van der Waals surface area contributed by atoms with Gasteiger partial charge in [-0.25, -0.2) is 9.18 Å². The third-order valence-corrected chi connectivity index (χ3v) is 1.88. The maximum absolute atomic E-state index is 13.4. The number of aldehydes is 1. The van der Waals surface area contributed by atoms with Crippen LogP contribution in [0.3, 0.4) is 0 Å². The molecule has 0 saturated heterocycles. The average molecular weight is 224 g/mol. The Morgan fingerprint density at radius 1 is 1.44 bits per heavy atom. The molecule has 0 heterocycles. The molecule has 0 unspecified atom stereocenters. The van der Waals surface area contributed by atoms with Crippen molar-refractivity contribution in [1.82, 2.24) is 0 Å². The van der Waals surface area contributed by atoms with Crippen molar-refractivity contribution in [2.24, 2.45) is 0 Å². The maximum atomic E-state index is 13.4. The lowest BCUT2D eigenvalue weighted by molar-refractivity contribution is -0.131. The van der Waals surface area contributed by atoms with E-state index in [2.05, 4.69) is 0 Å². The van der Waals surface area contributed by atoms with E-state index in [1.807, 2.05) is 0 Å². The minimum Gasteiger partial charge on any atom is -0.496 e. The number of halogens is 1. The van der Waals surface area contributed by atoms with Crippen LogP contribution in [0.5, 0.6) is 5.75 Å². The van der Waals surface area contributed by atoms with E-state index >= 15 is 0 Å². The smallest absolute Gasteiger partial charge is 0.328 e. The highest BCUT2D eigenvalue weighted by atomic mass is 19.1. The summed E-state index contributed by atoms with van der Waals surface area (Å²) in [7, 11) is 1.31. The SMILES string of the molecule is COc1cc(F)c(/C=C/C(=O)O)cc1C=O. The number of carboxylic acid groups (broad SMARTS) is 1. The number of carbonyl (C=O) groups is 2. The molecular formula is C11H9FO4. The van der Waals surface area contributed by atoms with E-state index in [-0.39, 0.29) is 16.9 Å². The number of rotatable bonds is 4. The molecule has 0 aliphatic rings. The molecule has 1 N–H and O–H groups in total. The van der Waals surface area contributed by atoms with Gasteiger partial charge in [-0.15, -0.1) is 0 Å². The summed E-state index contributed by atoms with van der Waals surface area (Å²) in [4.78, 5) is 20.9. The summed E-state index contributed by atoms with van der Waals surface area (Å²) in [6.45, 7) is 0. The maximum Gasteiger partial charge on any atom is 0.328 e. The topological polar surface area (TPSA) is 63.6 Å². The Kier molecular flexibility index (Phi) is 3.77. The van der Waals surface area contributed by atoms with Crippen molar-refractivity contribution in [1.29, 1.82) is 0 Å². The Hall–Kier alpha value is -2.17. The van der Waals surface area contributed by atoms with Crippen LogP contribution in [-0.4, -0.2) is 24.5 Å². The van der Waals surface area contributed by atoms with Crippen LogP contribution < -0.4 is 4.74 Å². The summed E-state index contributed by atoms with van der Waals surface area (Å²) < 4.78 is 18.1. The number of aliphatic carboxylic acids is 1. The van der Waals surface area contributed by atoms with Crippen molar-refractivity contribution in [2.75, 3.05) is 7.11 Å². The van der Waals surface area contributed by atoms with Crippen molar-refractivity contribution < 1.29 is 23.8 Å². The highest BCUT2D eigenvalue weighted by Crippen LogP contribution is 2.22. The Balaban J connectivity index is 3.21. The zero-order valence-electron chi connectivity index (χ0n) is 8.44. The van der Waals surface area contributed by atoms with Gasteiger partial charge < -0.3 is 9.84 Å². The van der Waals surface area contributed by atoms with E-state index in [0.29, 0.717) is 6.29 Å². The number of carbonyl (C=O) groups excluding carboxylic acids is 1. The molecule has 1 aromatic carbocycles. The molecule has 0 atom stereocenters. The van der Waals surface area contributed by atoms with Gasteiger partial charge in [0.05, 0.1) is 12.7 Å². The first kappa shape index (κ1) is 11.9. The molecule has 84 valence electrons. The predicted molar refractivity (Wildman–Crippen MR) is 55.0 cm³/mol. The molecule has 0 fully saturated rings. The molecule has 0 spiro atoms. The van der Waals surface area contributed by atoms with Crippen LogP contribution in [0.4, 0.5) is 4.39 Å². The molecule has 0 saturated carbocycles. The van der Waals surface area contributed by atoms with E-state index in [0.717, 1.165) is 18.2 Å². The molecule has 0 aliphatic carbocycles. The lowest BCUT2D eigenvalue weighted by Crippen LogP contribution is -1.95. The van der Waals surface area contributed by atoms with E-state index in [4.69, 9.17) is 9.84 Å². The minimum absolute atomic E-state index is 0.0188. The number of carboxylic acids is 1. The molecule has 16 heavy (non-hydrogen) atoms. The van der Waals surface area contributed by atoms with Crippen molar-refractivity contribution in [3.8, 4) is 5.75 Å². The Morgan fingerprint density at radius 3 is 2.62 bits per heavy atom. The van der Waals surface area contributed by atoms with Crippen LogP contribution in [0.25, 0.3) is 6.08 Å². The fourth-order valence-electron chi connectivity index (χ4n) is 1.15. The van der Waals surface area contributed by atoms with Gasteiger partial charge in [0.25, 0.3) is 0 Å². The normalized spacial score (nSPS) is 10.4. The monoisotopic (exact) mass is 224 g/mol. The second-order valence-corrected chi connectivity index (χ2v) is 2.91. The zero-order valence-corrected chi connectivity index (χ0v) is 8.44. The van der Waals surface area contributed by atoms with Crippen LogP contribution in [0.2, 0.25) is 0 Å². The standard InChI is InChI=1S/C11H9FO4/c1-16-10-5-9(12)7(2-3-11(14)15)4-8(10)6-13/h2-6H,1H3,(H,14,15)/b3-2+. The molecule has 0 amide bonds. The van der Waals surface area contributed by atoms with Crippen molar-refractivity contribution in [3.05, 3.63) is 35.2 Å². The van der Waals surface area contributed by atoms with Gasteiger partial charge in [0.15, 0.2) is 6.29 Å². The van der Waals surface area contributed by atoms with Gasteiger partial charge in [0.2, 0.25) is 0 Å². The molecule has 0 radical (unpaired) electrons. The number of ether oxygens (including phenoxy) is 1. The van der Waals surface area contributed by atoms with Crippen LogP contribution >= 0.6 is 0 Å². The van der Waals surface area contributed by atoms with E-state index < -0.39 is 11.8 Å². The van der Waals surface area contributed by atoms with Crippen molar-refractivity contribution >= 4 is 18.3 Å². The quantitative estimate of drug-likeness (QED) is 0.625. The number of hydrogen-bond acceptors (Lipinski definition) is 3. The number of benzene rings is 1. The van der Waals surface area contributed by atoms with Gasteiger partial charge in [-0.2, -0.15) is 0 Å². The fourth-order valence-corrected chi connectivity index (χ4v) is 1.15. The van der Waals surface area contributed by atoms with Crippen LogP contribution in [-0.2, 0) is 4.79 Å². The van der Waals surface area contributed by atoms with E-state index in [1.165, 1.54) is 13.2 Å². The molecular weight excluding hydrogens is 215 g/mol. The van der Waals surface area contributed by atoms with Crippen molar-refractivity contribution in [2.45, 2.75) is 0 Å². The first-order valence-electron chi connectivity index (χ1n) is 4.32. The summed E-state index contributed by atoms with van der Waals surface area (Å²) in [5, 5.41) is 8.39. The average Bonchev–Trinajstić information content (AvgIpc) is 2.26. The van der Waals surface area contributed by atoms with E-state index in [1.54, 1.807) is 0 Å². The molecule has 1 aromatic rings. The molecule has 0 aromatic heterocycles. The van der Waals surface area contributed by atoms with Gasteiger partial charge in [0.1, 0.15) is 11.6 Å². The van der Waals surface area contributed by atoms with Crippen LogP contribution in [0, 0.1) is 5.82 Å². The molecule has 0 bridgehead atoms. The van der Waals surface area contributed by atoms with Gasteiger partial charge >= 0.3 is 5.97 Å². The van der Waals surface area contributed by atoms with Crippen LogP contribution in [0.1, 0.15) is 15.9 Å². The summed E-state index contributed by atoms with van der Waals surface area (Å²) in [5.74, 6) is -1.73. The fraction of sp³-hybridized carbons (Fsp3) is 0.0909. The summed E-state index contributed by atoms with van der Waals surface area (Å²) >= 11 is 0. The molecule has 5 heteroatoms. The minimum atomic E-state index is -1.19. The highest BCUT2D eigenvalue weighted by molar-refractivity contribution is 5.86. The lowest BCUT2D eigenvalue weighted by atomic mass is 10.1. The molecule has 1 rings (SSSR count). The summed E-state index contributed by atoms with van der Waals surface area (Å²) in [6, 6.07) is 2.26. The van der Waals surface area contributed by atoms with Gasteiger partial charge in [-0.3, -0.25) is 4.79 Å². The summed E-state index contributed by atoms with van der Waals surface area (Å²) in [5.41, 5.74) is 0.180. The number of hydrogen-bond donors (Lipinski definition) is 1. The Bertz CT molecular complexity index is 452. The number of methoxy groups -OCH3 is 1.